The van der Waals surface area contributed by atoms with E-state index in [0.717, 1.165) is 35.9 Å². The summed E-state index contributed by atoms with van der Waals surface area (Å²) in [6.07, 6.45) is 3.71. The number of nitrogens with zero attached hydrogens (tertiary/aromatic N) is 1. The van der Waals surface area contributed by atoms with Gasteiger partial charge in [-0.2, -0.15) is 0 Å². The van der Waals surface area contributed by atoms with E-state index in [-0.39, 0.29) is 11.9 Å². The van der Waals surface area contributed by atoms with Crippen LogP contribution in [0.5, 0.6) is 0 Å². The Hall–Kier alpha value is -1.55. The molecular formula is C17H27N3O. The number of hydrogen-bond donors (Lipinski definition) is 2. The first-order chi connectivity index (χ1) is 10.0. The molecule has 21 heavy (non-hydrogen) atoms. The third-order valence-corrected chi connectivity index (χ3v) is 4.45. The average Bonchev–Trinajstić information content (AvgIpc) is 2.90. The molecule has 1 aromatic rings. The van der Waals surface area contributed by atoms with Crippen LogP contribution in [0.2, 0.25) is 0 Å². The molecule has 0 radical (unpaired) electrons. The third-order valence-electron chi connectivity index (χ3n) is 4.45. The van der Waals surface area contributed by atoms with Gasteiger partial charge < -0.3 is 11.1 Å². The minimum absolute atomic E-state index is 0.0695. The fourth-order valence-electron chi connectivity index (χ4n) is 3.09. The zero-order chi connectivity index (χ0) is 15.4. The normalized spacial score (nSPS) is 20.4. The van der Waals surface area contributed by atoms with Crippen molar-refractivity contribution in [1.82, 2.24) is 4.90 Å². The summed E-state index contributed by atoms with van der Waals surface area (Å²) in [6, 6.07) is 5.50. The lowest BCUT2D eigenvalue weighted by Crippen LogP contribution is -2.40. The highest BCUT2D eigenvalue weighted by molar-refractivity contribution is 5.95. The van der Waals surface area contributed by atoms with E-state index in [1.54, 1.807) is 0 Å². The van der Waals surface area contributed by atoms with Crippen LogP contribution in [0.1, 0.15) is 38.7 Å². The Kier molecular flexibility index (Phi) is 5.23. The molecule has 1 aliphatic rings. The van der Waals surface area contributed by atoms with Gasteiger partial charge in [0.15, 0.2) is 0 Å². The Morgan fingerprint density at radius 1 is 1.52 bits per heavy atom. The summed E-state index contributed by atoms with van der Waals surface area (Å²) in [5, 5.41) is 3.02. The van der Waals surface area contributed by atoms with Crippen molar-refractivity contribution in [2.75, 3.05) is 24.1 Å². The molecule has 1 amide bonds. The van der Waals surface area contributed by atoms with Gasteiger partial charge in [-0.1, -0.05) is 13.3 Å². The molecule has 0 aliphatic carbocycles. The number of likely N-dealkylation sites (tertiary alicyclic amines) is 1. The van der Waals surface area contributed by atoms with Crippen LogP contribution in [0.4, 0.5) is 11.4 Å². The zero-order valence-electron chi connectivity index (χ0n) is 13.4. The average molecular weight is 289 g/mol. The van der Waals surface area contributed by atoms with E-state index in [1.807, 2.05) is 32.0 Å². The number of carbonyl (C=O) groups excluding carboxylic acids is 1. The molecule has 4 nitrogen and oxygen atoms in total. The number of rotatable bonds is 5. The number of anilines is 2. The van der Waals surface area contributed by atoms with Crippen LogP contribution >= 0.6 is 0 Å². The van der Waals surface area contributed by atoms with Gasteiger partial charge in [0.25, 0.3) is 0 Å². The zero-order valence-corrected chi connectivity index (χ0v) is 13.4. The van der Waals surface area contributed by atoms with E-state index in [0.29, 0.717) is 0 Å². The summed E-state index contributed by atoms with van der Waals surface area (Å²) in [7, 11) is 0. The van der Waals surface area contributed by atoms with Gasteiger partial charge in [-0.05, 0) is 62.9 Å². The maximum Gasteiger partial charge on any atom is 0.241 e. The van der Waals surface area contributed by atoms with Gasteiger partial charge in [-0.15, -0.1) is 0 Å². The summed E-state index contributed by atoms with van der Waals surface area (Å²) in [5.74, 6) is 0.823. The predicted octanol–water partition coefficient (Wildman–Crippen LogP) is 3.03. The molecule has 0 spiro atoms. The highest BCUT2D eigenvalue weighted by Crippen LogP contribution is 2.24. The van der Waals surface area contributed by atoms with Crippen LogP contribution in [0.3, 0.4) is 0 Å². The lowest BCUT2D eigenvalue weighted by Gasteiger charge is -2.24. The molecule has 2 unspecified atom stereocenters. The molecular weight excluding hydrogens is 262 g/mol. The van der Waals surface area contributed by atoms with Gasteiger partial charge in [0.1, 0.15) is 0 Å². The van der Waals surface area contributed by atoms with Gasteiger partial charge >= 0.3 is 0 Å². The number of nitrogens with one attached hydrogen (secondary N) is 1. The highest BCUT2D eigenvalue weighted by atomic mass is 16.2. The molecule has 1 aliphatic heterocycles. The molecule has 1 fully saturated rings. The van der Waals surface area contributed by atoms with Gasteiger partial charge in [0.05, 0.1) is 6.04 Å². The second-order valence-corrected chi connectivity index (χ2v) is 6.18. The highest BCUT2D eigenvalue weighted by Gasteiger charge is 2.29. The lowest BCUT2D eigenvalue weighted by molar-refractivity contribution is -0.120. The van der Waals surface area contributed by atoms with Gasteiger partial charge in [-0.3, -0.25) is 9.69 Å². The molecule has 2 rings (SSSR count). The fraction of sp³-hybridized carbons (Fsp3) is 0.588. The third kappa shape index (κ3) is 3.97. The fourth-order valence-corrected chi connectivity index (χ4v) is 3.09. The second-order valence-electron chi connectivity index (χ2n) is 6.18. The van der Waals surface area contributed by atoms with E-state index in [9.17, 15) is 4.79 Å². The topological polar surface area (TPSA) is 58.4 Å². The Balaban J connectivity index is 1.94. The van der Waals surface area contributed by atoms with Crippen LogP contribution in [0.15, 0.2) is 18.2 Å². The quantitative estimate of drug-likeness (QED) is 0.819. The number of carbonyl (C=O) groups is 1. The maximum absolute atomic E-state index is 12.4. The van der Waals surface area contributed by atoms with Crippen LogP contribution in [-0.4, -0.2) is 29.9 Å². The van der Waals surface area contributed by atoms with Crippen molar-refractivity contribution in [3.05, 3.63) is 23.8 Å². The maximum atomic E-state index is 12.4. The Morgan fingerprint density at radius 3 is 2.95 bits per heavy atom. The molecule has 0 aromatic heterocycles. The molecule has 116 valence electrons. The number of amides is 1. The van der Waals surface area contributed by atoms with Crippen molar-refractivity contribution in [3.63, 3.8) is 0 Å². The van der Waals surface area contributed by atoms with E-state index >= 15 is 0 Å². The summed E-state index contributed by atoms with van der Waals surface area (Å²) in [4.78, 5) is 14.7. The summed E-state index contributed by atoms with van der Waals surface area (Å²) >= 11 is 0. The molecule has 4 heteroatoms. The molecule has 3 N–H and O–H groups in total. The second kappa shape index (κ2) is 6.94. The lowest BCUT2D eigenvalue weighted by atomic mass is 10.0. The number of nitrogens with two attached hydrogens (primary N) is 1. The van der Waals surface area contributed by atoms with Crippen molar-refractivity contribution >= 4 is 17.3 Å². The number of nitrogen functional groups attached to an aromatic ring is 1. The summed E-state index contributed by atoms with van der Waals surface area (Å²) in [6.45, 7) is 8.26. The molecule has 1 heterocycles. The molecule has 2 atom stereocenters. The monoisotopic (exact) mass is 289 g/mol. The molecule has 0 bridgehead atoms. The SMILES string of the molecule is CCCC1CCN(C(C)C(=O)Nc2ccc(N)cc2C)C1. The van der Waals surface area contributed by atoms with Gasteiger partial charge in [0, 0.05) is 17.9 Å². The van der Waals surface area contributed by atoms with Crippen molar-refractivity contribution in [3.8, 4) is 0 Å². The van der Waals surface area contributed by atoms with Crippen LogP contribution in [-0.2, 0) is 4.79 Å². The van der Waals surface area contributed by atoms with Crippen LogP contribution in [0, 0.1) is 12.8 Å². The van der Waals surface area contributed by atoms with E-state index in [4.69, 9.17) is 5.73 Å². The summed E-state index contributed by atoms with van der Waals surface area (Å²) < 4.78 is 0. The first kappa shape index (κ1) is 15.8. The van der Waals surface area contributed by atoms with Crippen molar-refractivity contribution in [2.24, 2.45) is 5.92 Å². The van der Waals surface area contributed by atoms with Crippen molar-refractivity contribution in [1.29, 1.82) is 0 Å². The van der Waals surface area contributed by atoms with E-state index in [1.165, 1.54) is 19.3 Å². The predicted molar refractivity (Wildman–Crippen MR) is 88.3 cm³/mol. The first-order valence-corrected chi connectivity index (χ1v) is 7.92. The number of aryl methyl sites for hydroxylation is 1. The summed E-state index contributed by atoms with van der Waals surface area (Å²) in [5.41, 5.74) is 8.32. The Morgan fingerprint density at radius 2 is 2.29 bits per heavy atom. The van der Waals surface area contributed by atoms with Crippen LogP contribution in [0.25, 0.3) is 0 Å². The minimum Gasteiger partial charge on any atom is -0.399 e. The number of hydrogen-bond acceptors (Lipinski definition) is 3. The Bertz CT molecular complexity index is 501. The van der Waals surface area contributed by atoms with Gasteiger partial charge in [-0.25, -0.2) is 0 Å². The minimum atomic E-state index is -0.0798. The van der Waals surface area contributed by atoms with Crippen molar-refractivity contribution in [2.45, 2.75) is 46.1 Å². The van der Waals surface area contributed by atoms with Gasteiger partial charge in [0.2, 0.25) is 5.91 Å². The van der Waals surface area contributed by atoms with Crippen LogP contribution < -0.4 is 11.1 Å². The molecule has 1 saturated heterocycles. The largest absolute Gasteiger partial charge is 0.399 e. The molecule has 0 saturated carbocycles. The molecule has 1 aromatic carbocycles. The standard InChI is InChI=1S/C17H27N3O/c1-4-5-14-8-9-20(11-14)13(3)17(21)19-16-7-6-15(18)10-12(16)2/h6-7,10,13-14H,4-5,8-9,11,18H2,1-3H3,(H,19,21). The van der Waals surface area contributed by atoms with Crippen molar-refractivity contribution < 1.29 is 4.79 Å². The van der Waals surface area contributed by atoms with E-state index < -0.39 is 0 Å². The smallest absolute Gasteiger partial charge is 0.241 e. The number of benzene rings is 1. The Labute approximate surface area is 127 Å². The first-order valence-electron chi connectivity index (χ1n) is 7.92. The van der Waals surface area contributed by atoms with E-state index in [2.05, 4.69) is 17.1 Å².